The van der Waals surface area contributed by atoms with Gasteiger partial charge in [0.05, 0.1) is 6.10 Å². The molecular weight excluding hydrogens is 178 g/mol. The molecule has 0 aliphatic carbocycles. The van der Waals surface area contributed by atoms with Crippen LogP contribution in [0.2, 0.25) is 0 Å². The summed E-state index contributed by atoms with van der Waals surface area (Å²) in [6, 6.07) is 5.56. The molecule has 0 radical (unpaired) electrons. The van der Waals surface area contributed by atoms with E-state index < -0.39 is 6.10 Å². The van der Waals surface area contributed by atoms with E-state index in [2.05, 4.69) is 10.1 Å². The number of rotatable bonds is 3. The number of hydrogen-bond donors (Lipinski definition) is 2. The maximum atomic E-state index is 9.67. The van der Waals surface area contributed by atoms with Crippen molar-refractivity contribution in [2.24, 2.45) is 0 Å². The number of hydrogen-bond acceptors (Lipinski definition) is 2. The second kappa shape index (κ2) is 3.67. The molecule has 2 unspecified atom stereocenters. The predicted octanol–water partition coefficient (Wildman–Crippen LogP) is 1.18. The lowest BCUT2D eigenvalue weighted by molar-refractivity contribution is 0.140. The summed E-state index contributed by atoms with van der Waals surface area (Å²) in [6.45, 7) is 1.76. The van der Waals surface area contributed by atoms with Crippen molar-refractivity contribution < 1.29 is 5.11 Å². The van der Waals surface area contributed by atoms with Gasteiger partial charge in [0.2, 0.25) is 0 Å². The molecule has 0 fully saturated rings. The van der Waals surface area contributed by atoms with Crippen LogP contribution < -0.4 is 0 Å². The van der Waals surface area contributed by atoms with E-state index in [1.807, 2.05) is 30.6 Å². The Hall–Kier alpha value is -1.55. The maximum Gasteiger partial charge on any atom is 0.117 e. The van der Waals surface area contributed by atoms with Gasteiger partial charge in [-0.15, -0.1) is 0 Å². The van der Waals surface area contributed by atoms with Gasteiger partial charge in [-0.1, -0.05) is 0 Å². The molecule has 2 rings (SSSR count). The zero-order valence-corrected chi connectivity index (χ0v) is 7.96. The van der Waals surface area contributed by atoms with Crippen LogP contribution in [0.5, 0.6) is 0 Å². The molecule has 74 valence electrons. The van der Waals surface area contributed by atoms with Gasteiger partial charge in [-0.3, -0.25) is 4.68 Å². The standard InChI is InChI=1S/C10H13N3O/c1-8(14)10(9-4-2-5-11-9)13-7-3-6-12-13/h2-8,10-11,14H,1H3. The van der Waals surface area contributed by atoms with Gasteiger partial charge in [0.15, 0.2) is 0 Å². The van der Waals surface area contributed by atoms with Crippen LogP contribution in [0.3, 0.4) is 0 Å². The van der Waals surface area contributed by atoms with Crippen molar-refractivity contribution in [1.29, 1.82) is 0 Å². The first-order valence-corrected chi connectivity index (χ1v) is 4.59. The molecule has 2 N–H and O–H groups in total. The molecule has 0 amide bonds. The molecule has 0 saturated carbocycles. The van der Waals surface area contributed by atoms with Crippen molar-refractivity contribution in [3.8, 4) is 0 Å². The van der Waals surface area contributed by atoms with Crippen molar-refractivity contribution in [1.82, 2.24) is 14.8 Å². The predicted molar refractivity (Wildman–Crippen MR) is 52.8 cm³/mol. The van der Waals surface area contributed by atoms with Gasteiger partial charge < -0.3 is 10.1 Å². The van der Waals surface area contributed by atoms with Gasteiger partial charge >= 0.3 is 0 Å². The highest BCUT2D eigenvalue weighted by atomic mass is 16.3. The lowest BCUT2D eigenvalue weighted by Crippen LogP contribution is -2.23. The van der Waals surface area contributed by atoms with Crippen molar-refractivity contribution >= 4 is 0 Å². The Morgan fingerprint density at radius 1 is 1.50 bits per heavy atom. The summed E-state index contributed by atoms with van der Waals surface area (Å²) in [5.41, 5.74) is 0.962. The van der Waals surface area contributed by atoms with E-state index >= 15 is 0 Å². The highest BCUT2D eigenvalue weighted by Crippen LogP contribution is 2.19. The van der Waals surface area contributed by atoms with E-state index in [1.165, 1.54) is 0 Å². The number of H-pyrrole nitrogens is 1. The van der Waals surface area contributed by atoms with E-state index in [4.69, 9.17) is 0 Å². The van der Waals surface area contributed by atoms with Crippen LogP contribution in [0.25, 0.3) is 0 Å². The third-order valence-electron chi connectivity index (χ3n) is 2.21. The molecule has 0 aromatic carbocycles. The molecule has 2 aromatic rings. The monoisotopic (exact) mass is 191 g/mol. The summed E-state index contributed by atoms with van der Waals surface area (Å²) in [5, 5.41) is 13.8. The quantitative estimate of drug-likeness (QED) is 0.765. The lowest BCUT2D eigenvalue weighted by Gasteiger charge is -2.19. The number of aromatic nitrogens is 3. The fourth-order valence-corrected chi connectivity index (χ4v) is 1.60. The SMILES string of the molecule is CC(O)C(c1ccc[nH]1)n1cccn1. The minimum Gasteiger partial charge on any atom is -0.391 e. The minimum atomic E-state index is -0.478. The lowest BCUT2D eigenvalue weighted by atomic mass is 10.1. The van der Waals surface area contributed by atoms with Gasteiger partial charge in [-0.25, -0.2) is 0 Å². The number of nitrogens with zero attached hydrogens (tertiary/aromatic N) is 2. The molecule has 2 atom stereocenters. The summed E-state index contributed by atoms with van der Waals surface area (Å²) in [4.78, 5) is 3.09. The second-order valence-electron chi connectivity index (χ2n) is 3.30. The molecule has 4 nitrogen and oxygen atoms in total. The van der Waals surface area contributed by atoms with Crippen molar-refractivity contribution in [3.05, 3.63) is 42.5 Å². The number of aromatic amines is 1. The first-order chi connectivity index (χ1) is 6.79. The Morgan fingerprint density at radius 3 is 2.86 bits per heavy atom. The number of aliphatic hydroxyl groups excluding tert-OH is 1. The van der Waals surface area contributed by atoms with Crippen LogP contribution in [-0.2, 0) is 0 Å². The Morgan fingerprint density at radius 2 is 2.36 bits per heavy atom. The van der Waals surface area contributed by atoms with Crippen LogP contribution in [0.4, 0.5) is 0 Å². The molecule has 4 heteroatoms. The third-order valence-corrected chi connectivity index (χ3v) is 2.21. The second-order valence-corrected chi connectivity index (χ2v) is 3.30. The summed E-state index contributed by atoms with van der Waals surface area (Å²) in [7, 11) is 0. The summed E-state index contributed by atoms with van der Waals surface area (Å²) < 4.78 is 1.75. The van der Waals surface area contributed by atoms with Crippen LogP contribution in [0.15, 0.2) is 36.8 Å². The highest BCUT2D eigenvalue weighted by molar-refractivity contribution is 5.11. The first kappa shape index (κ1) is 9.02. The van der Waals surface area contributed by atoms with Crippen molar-refractivity contribution in [2.45, 2.75) is 19.1 Å². The van der Waals surface area contributed by atoms with E-state index in [1.54, 1.807) is 17.8 Å². The zero-order chi connectivity index (χ0) is 9.97. The van der Waals surface area contributed by atoms with Crippen LogP contribution >= 0.6 is 0 Å². The van der Waals surface area contributed by atoms with Crippen molar-refractivity contribution in [2.75, 3.05) is 0 Å². The van der Waals surface area contributed by atoms with Crippen LogP contribution in [0, 0.1) is 0 Å². The molecular formula is C10H13N3O. The molecule has 0 aliphatic heterocycles. The smallest absolute Gasteiger partial charge is 0.117 e. The Kier molecular flexibility index (Phi) is 2.37. The number of aliphatic hydroxyl groups is 1. The van der Waals surface area contributed by atoms with E-state index in [0.717, 1.165) is 5.69 Å². The Labute approximate surface area is 82.2 Å². The molecule has 0 spiro atoms. The summed E-state index contributed by atoms with van der Waals surface area (Å²) in [5.74, 6) is 0. The Balaban J connectivity index is 2.35. The fourth-order valence-electron chi connectivity index (χ4n) is 1.60. The van der Waals surface area contributed by atoms with Crippen LogP contribution in [-0.4, -0.2) is 26.0 Å². The average molecular weight is 191 g/mol. The van der Waals surface area contributed by atoms with Crippen molar-refractivity contribution in [3.63, 3.8) is 0 Å². The summed E-state index contributed by atoms with van der Waals surface area (Å²) in [6.07, 6.45) is 4.92. The van der Waals surface area contributed by atoms with Gasteiger partial charge in [0.25, 0.3) is 0 Å². The van der Waals surface area contributed by atoms with E-state index in [-0.39, 0.29) is 6.04 Å². The Bertz CT molecular complexity index is 330. The minimum absolute atomic E-state index is 0.139. The molecule has 2 aromatic heterocycles. The normalized spacial score (nSPS) is 15.3. The van der Waals surface area contributed by atoms with E-state index in [0.29, 0.717) is 0 Å². The highest BCUT2D eigenvalue weighted by Gasteiger charge is 2.19. The van der Waals surface area contributed by atoms with Gasteiger partial charge in [-0.05, 0) is 25.1 Å². The van der Waals surface area contributed by atoms with Crippen LogP contribution in [0.1, 0.15) is 18.7 Å². The molecule has 0 aliphatic rings. The van der Waals surface area contributed by atoms with Gasteiger partial charge in [0, 0.05) is 24.3 Å². The zero-order valence-electron chi connectivity index (χ0n) is 7.96. The molecule has 0 bridgehead atoms. The third kappa shape index (κ3) is 1.56. The van der Waals surface area contributed by atoms with Gasteiger partial charge in [-0.2, -0.15) is 5.10 Å². The number of nitrogens with one attached hydrogen (secondary N) is 1. The maximum absolute atomic E-state index is 9.67. The average Bonchev–Trinajstić information content (AvgIpc) is 2.75. The largest absolute Gasteiger partial charge is 0.391 e. The van der Waals surface area contributed by atoms with Gasteiger partial charge in [0.1, 0.15) is 6.04 Å². The van der Waals surface area contributed by atoms with E-state index in [9.17, 15) is 5.11 Å². The molecule has 14 heavy (non-hydrogen) atoms. The molecule has 0 saturated heterocycles. The molecule has 2 heterocycles. The fraction of sp³-hybridized carbons (Fsp3) is 0.300. The first-order valence-electron chi connectivity index (χ1n) is 4.59. The summed E-state index contributed by atoms with van der Waals surface area (Å²) >= 11 is 0. The topological polar surface area (TPSA) is 53.8 Å².